The van der Waals surface area contributed by atoms with E-state index < -0.39 is 17.4 Å². The van der Waals surface area contributed by atoms with Crippen molar-refractivity contribution in [1.82, 2.24) is 0 Å². The van der Waals surface area contributed by atoms with Crippen molar-refractivity contribution in [2.75, 3.05) is 5.73 Å². The summed E-state index contributed by atoms with van der Waals surface area (Å²) in [7, 11) is 0. The molecule has 0 aliphatic rings. The molecule has 0 saturated carbocycles. The highest BCUT2D eigenvalue weighted by Crippen LogP contribution is 2.35. The van der Waals surface area contributed by atoms with Gasteiger partial charge in [-0.15, -0.1) is 0 Å². The predicted octanol–water partition coefficient (Wildman–Crippen LogP) is 2.03. The molecular weight excluding hydrogens is 207 g/mol. The smallest absolute Gasteiger partial charge is 0.397 e. The van der Waals surface area contributed by atoms with Crippen molar-refractivity contribution in [1.29, 1.82) is 10.5 Å². The normalized spacial score (nSPS) is 10.5. The van der Waals surface area contributed by atoms with Crippen molar-refractivity contribution >= 4 is 5.69 Å². The summed E-state index contributed by atoms with van der Waals surface area (Å²) < 4.78 is 37.1. The Morgan fingerprint density at radius 2 is 1.73 bits per heavy atom. The first-order valence-electron chi connectivity index (χ1n) is 3.71. The maximum atomic E-state index is 12.4. The molecule has 1 aromatic rings. The van der Waals surface area contributed by atoms with E-state index in [1.807, 2.05) is 0 Å². The molecule has 3 nitrogen and oxygen atoms in total. The zero-order valence-electron chi connectivity index (χ0n) is 7.26. The van der Waals surface area contributed by atoms with Crippen molar-refractivity contribution in [2.24, 2.45) is 0 Å². The third kappa shape index (κ3) is 2.00. The maximum absolute atomic E-state index is 12.4. The number of benzene rings is 1. The second kappa shape index (κ2) is 3.50. The minimum absolute atomic E-state index is 0.243. The predicted molar refractivity (Wildman–Crippen MR) is 45.3 cm³/mol. The summed E-state index contributed by atoms with van der Waals surface area (Å²) >= 11 is 0. The van der Waals surface area contributed by atoms with Gasteiger partial charge < -0.3 is 5.73 Å². The van der Waals surface area contributed by atoms with Gasteiger partial charge in [0.25, 0.3) is 0 Å². The maximum Gasteiger partial charge on any atom is 0.418 e. The number of nitrogens with zero attached hydrogens (tertiary/aromatic N) is 2. The zero-order chi connectivity index (χ0) is 11.6. The monoisotopic (exact) mass is 211 g/mol. The summed E-state index contributed by atoms with van der Waals surface area (Å²) in [6, 6.07) is 4.68. The van der Waals surface area contributed by atoms with E-state index >= 15 is 0 Å². The molecule has 0 aliphatic carbocycles. The Kier molecular flexibility index (Phi) is 2.54. The summed E-state index contributed by atoms with van der Waals surface area (Å²) in [5.74, 6) is 0. The number of anilines is 1. The third-order valence-corrected chi connectivity index (χ3v) is 1.73. The first-order valence-corrected chi connectivity index (χ1v) is 3.71. The molecule has 0 fully saturated rings. The molecule has 15 heavy (non-hydrogen) atoms. The molecule has 6 heteroatoms. The van der Waals surface area contributed by atoms with Gasteiger partial charge in [-0.3, -0.25) is 0 Å². The molecule has 0 radical (unpaired) electrons. The highest BCUT2D eigenvalue weighted by molar-refractivity contribution is 5.63. The second-order valence-electron chi connectivity index (χ2n) is 2.71. The van der Waals surface area contributed by atoms with Gasteiger partial charge in [0, 0.05) is 0 Å². The fourth-order valence-corrected chi connectivity index (χ4v) is 1.04. The number of halogens is 3. The first kappa shape index (κ1) is 10.9. The van der Waals surface area contributed by atoms with Crippen LogP contribution in [0.2, 0.25) is 0 Å². The molecular formula is C9H4F3N3. The number of nitrogens with two attached hydrogens (primary N) is 1. The average molecular weight is 211 g/mol. The van der Waals surface area contributed by atoms with Gasteiger partial charge in [-0.25, -0.2) is 0 Å². The Labute approximate surface area is 83.1 Å². The average Bonchev–Trinajstić information content (AvgIpc) is 2.16. The molecule has 0 heterocycles. The fourth-order valence-electron chi connectivity index (χ4n) is 1.04. The summed E-state index contributed by atoms with van der Waals surface area (Å²) in [4.78, 5) is 0. The Morgan fingerprint density at radius 1 is 1.13 bits per heavy atom. The standard InChI is InChI=1S/C9H4F3N3/c10-9(11,12)7-2-5(3-13)1-6(4-14)8(7)15/h1-2H,15H2. The molecule has 0 bridgehead atoms. The number of nitrogen functional groups attached to an aromatic ring is 1. The van der Waals surface area contributed by atoms with Crippen LogP contribution in [0.5, 0.6) is 0 Å². The van der Waals surface area contributed by atoms with Crippen LogP contribution in [0, 0.1) is 22.7 Å². The molecule has 0 unspecified atom stereocenters. The minimum Gasteiger partial charge on any atom is -0.397 e. The minimum atomic E-state index is -4.66. The highest BCUT2D eigenvalue weighted by atomic mass is 19.4. The Hall–Kier alpha value is -2.21. The van der Waals surface area contributed by atoms with Gasteiger partial charge in [0.1, 0.15) is 6.07 Å². The van der Waals surface area contributed by atoms with Crippen LogP contribution in [0.4, 0.5) is 18.9 Å². The quantitative estimate of drug-likeness (QED) is 0.667. The van der Waals surface area contributed by atoms with E-state index in [0.717, 1.165) is 6.07 Å². The molecule has 1 rings (SSSR count). The largest absolute Gasteiger partial charge is 0.418 e. The number of rotatable bonds is 0. The van der Waals surface area contributed by atoms with Crippen molar-refractivity contribution < 1.29 is 13.2 Å². The second-order valence-corrected chi connectivity index (χ2v) is 2.71. The van der Waals surface area contributed by atoms with Gasteiger partial charge >= 0.3 is 6.18 Å². The van der Waals surface area contributed by atoms with E-state index in [4.69, 9.17) is 16.3 Å². The lowest BCUT2D eigenvalue weighted by atomic mass is 10.0. The lowest BCUT2D eigenvalue weighted by Crippen LogP contribution is -2.10. The van der Waals surface area contributed by atoms with E-state index in [2.05, 4.69) is 0 Å². The molecule has 0 spiro atoms. The van der Waals surface area contributed by atoms with Gasteiger partial charge in [-0.1, -0.05) is 0 Å². The van der Waals surface area contributed by atoms with E-state index in [-0.39, 0.29) is 11.1 Å². The SMILES string of the molecule is N#Cc1cc(C#N)c(N)c(C(F)(F)F)c1. The summed E-state index contributed by atoms with van der Waals surface area (Å²) in [6.45, 7) is 0. The summed E-state index contributed by atoms with van der Waals surface area (Å²) in [5.41, 5.74) is 2.76. The fraction of sp³-hybridized carbons (Fsp3) is 0.111. The van der Waals surface area contributed by atoms with Crippen LogP contribution in [0.1, 0.15) is 16.7 Å². The van der Waals surface area contributed by atoms with Crippen LogP contribution in [-0.4, -0.2) is 0 Å². The number of nitriles is 2. The lowest BCUT2D eigenvalue weighted by Gasteiger charge is -2.10. The molecule has 0 aliphatic heterocycles. The summed E-state index contributed by atoms with van der Waals surface area (Å²) in [6.07, 6.45) is -4.66. The van der Waals surface area contributed by atoms with Crippen LogP contribution in [0.15, 0.2) is 12.1 Å². The third-order valence-electron chi connectivity index (χ3n) is 1.73. The van der Waals surface area contributed by atoms with Gasteiger partial charge in [0.2, 0.25) is 0 Å². The Bertz CT molecular complexity index is 477. The van der Waals surface area contributed by atoms with Gasteiger partial charge in [-0.05, 0) is 12.1 Å². The molecule has 0 atom stereocenters. The van der Waals surface area contributed by atoms with E-state index in [1.54, 1.807) is 0 Å². The molecule has 1 aromatic carbocycles. The molecule has 76 valence electrons. The summed E-state index contributed by atoms with van der Waals surface area (Å²) in [5, 5.41) is 17.0. The van der Waals surface area contributed by atoms with Gasteiger partial charge in [0.05, 0.1) is 28.4 Å². The molecule has 0 amide bonds. The highest BCUT2D eigenvalue weighted by Gasteiger charge is 2.34. The molecule has 2 N–H and O–H groups in total. The van der Waals surface area contributed by atoms with Crippen molar-refractivity contribution in [2.45, 2.75) is 6.18 Å². The van der Waals surface area contributed by atoms with Crippen LogP contribution in [0.3, 0.4) is 0 Å². The van der Waals surface area contributed by atoms with Crippen LogP contribution in [-0.2, 0) is 6.18 Å². The number of hydrogen-bond donors (Lipinski definition) is 1. The zero-order valence-corrected chi connectivity index (χ0v) is 7.26. The van der Waals surface area contributed by atoms with Gasteiger partial charge in [0.15, 0.2) is 0 Å². The van der Waals surface area contributed by atoms with Crippen molar-refractivity contribution in [3.05, 3.63) is 28.8 Å². The van der Waals surface area contributed by atoms with Gasteiger partial charge in [-0.2, -0.15) is 23.7 Å². The Morgan fingerprint density at radius 3 is 2.13 bits per heavy atom. The van der Waals surface area contributed by atoms with E-state index in [0.29, 0.717) is 6.07 Å². The topological polar surface area (TPSA) is 73.6 Å². The van der Waals surface area contributed by atoms with E-state index in [1.165, 1.54) is 12.1 Å². The van der Waals surface area contributed by atoms with E-state index in [9.17, 15) is 13.2 Å². The number of hydrogen-bond acceptors (Lipinski definition) is 3. The van der Waals surface area contributed by atoms with Crippen molar-refractivity contribution in [3.63, 3.8) is 0 Å². The number of alkyl halides is 3. The van der Waals surface area contributed by atoms with Crippen LogP contribution >= 0.6 is 0 Å². The first-order chi connectivity index (χ1) is 6.90. The lowest BCUT2D eigenvalue weighted by molar-refractivity contribution is -0.136. The Balaban J connectivity index is 3.55. The van der Waals surface area contributed by atoms with Crippen molar-refractivity contribution in [3.8, 4) is 12.1 Å². The van der Waals surface area contributed by atoms with Crippen LogP contribution in [0.25, 0.3) is 0 Å². The van der Waals surface area contributed by atoms with Crippen LogP contribution < -0.4 is 5.73 Å². The molecule has 0 saturated heterocycles. The molecule has 0 aromatic heterocycles.